The van der Waals surface area contributed by atoms with Gasteiger partial charge >= 0.3 is 5.97 Å². The molecule has 0 saturated carbocycles. The Morgan fingerprint density at radius 3 is 2.57 bits per heavy atom. The molecule has 1 aliphatic heterocycles. The first-order valence-electron chi connectivity index (χ1n) is 14.2. The van der Waals surface area contributed by atoms with Gasteiger partial charge in [0.1, 0.15) is 10.8 Å². The average molecular weight is 625 g/mol. The van der Waals surface area contributed by atoms with Crippen LogP contribution in [0.5, 0.6) is 5.75 Å². The van der Waals surface area contributed by atoms with Gasteiger partial charge in [-0.15, -0.1) is 11.3 Å². The first-order chi connectivity index (χ1) is 21.2. The summed E-state index contributed by atoms with van der Waals surface area (Å²) in [7, 11) is 1.62. The van der Waals surface area contributed by atoms with Crippen molar-refractivity contribution in [1.29, 1.82) is 0 Å². The number of carboxylic acids is 1. The second-order valence-electron chi connectivity index (χ2n) is 10.7. The Balaban J connectivity index is 1.36. The van der Waals surface area contributed by atoms with E-state index in [0.29, 0.717) is 33.6 Å². The molecule has 5 aromatic rings. The number of para-hydroxylation sites is 1. The molecule has 8 nitrogen and oxygen atoms in total. The molecule has 1 fully saturated rings. The van der Waals surface area contributed by atoms with Crippen LogP contribution in [0.1, 0.15) is 43.3 Å². The number of amidine groups is 1. The number of aromatic nitrogens is 2. The third-order valence-corrected chi connectivity index (χ3v) is 10.2. The van der Waals surface area contributed by atoms with Crippen LogP contribution in [-0.2, 0) is 11.2 Å². The lowest BCUT2D eigenvalue weighted by Crippen LogP contribution is -2.31. The topological polar surface area (TPSA) is 99.9 Å². The molecule has 10 heteroatoms. The van der Waals surface area contributed by atoms with Crippen LogP contribution >= 0.6 is 23.1 Å². The van der Waals surface area contributed by atoms with Crippen molar-refractivity contribution in [2.45, 2.75) is 34.1 Å². The van der Waals surface area contributed by atoms with Crippen molar-refractivity contribution in [3.63, 3.8) is 0 Å². The van der Waals surface area contributed by atoms with E-state index in [-0.39, 0.29) is 5.91 Å². The number of carboxylic acid groups (broad SMARTS) is 1. The second kappa shape index (κ2) is 11.9. The number of rotatable bonds is 8. The smallest absolute Gasteiger partial charge is 0.339 e. The quantitative estimate of drug-likeness (QED) is 0.172. The molecular weight excluding hydrogens is 593 g/mol. The number of H-pyrrole nitrogens is 1. The van der Waals surface area contributed by atoms with Gasteiger partial charge in [0, 0.05) is 39.9 Å². The summed E-state index contributed by atoms with van der Waals surface area (Å²) < 4.78 is 7.27. The minimum absolute atomic E-state index is 0.110. The number of methoxy groups -OCH3 is 1. The number of benzene rings is 2. The molecule has 2 aromatic carbocycles. The van der Waals surface area contributed by atoms with Crippen LogP contribution in [0.4, 0.5) is 5.69 Å². The average Bonchev–Trinajstić information content (AvgIpc) is 3.71. The molecule has 0 spiro atoms. The van der Waals surface area contributed by atoms with Gasteiger partial charge in [0.15, 0.2) is 5.17 Å². The van der Waals surface area contributed by atoms with E-state index >= 15 is 0 Å². The molecule has 0 atom stereocenters. The lowest BCUT2D eigenvalue weighted by Gasteiger charge is -2.15. The zero-order chi connectivity index (χ0) is 31.1. The van der Waals surface area contributed by atoms with Crippen molar-refractivity contribution in [3.8, 4) is 10.8 Å². The van der Waals surface area contributed by atoms with Crippen molar-refractivity contribution in [2.75, 3.05) is 13.7 Å². The van der Waals surface area contributed by atoms with Gasteiger partial charge in [-0.25, -0.2) is 9.79 Å². The van der Waals surface area contributed by atoms with Crippen LogP contribution in [0.2, 0.25) is 0 Å². The van der Waals surface area contributed by atoms with Gasteiger partial charge in [-0.3, -0.25) is 9.69 Å². The molecule has 0 aliphatic carbocycles. The molecule has 3 aromatic heterocycles. The highest BCUT2D eigenvalue weighted by atomic mass is 32.2. The Kier molecular flexibility index (Phi) is 7.96. The van der Waals surface area contributed by atoms with Gasteiger partial charge in [-0.05, 0) is 105 Å². The van der Waals surface area contributed by atoms with E-state index in [2.05, 4.69) is 11.1 Å². The van der Waals surface area contributed by atoms with Crippen LogP contribution in [-0.4, -0.2) is 50.3 Å². The number of thioether (sulfide) groups is 1. The third kappa shape index (κ3) is 5.35. The summed E-state index contributed by atoms with van der Waals surface area (Å²) in [4.78, 5) is 37.6. The number of aliphatic imine (C=N–C) groups is 1. The van der Waals surface area contributed by atoms with Gasteiger partial charge in [0.25, 0.3) is 5.91 Å². The number of aromatic carboxylic acids is 1. The van der Waals surface area contributed by atoms with Crippen molar-refractivity contribution >= 4 is 62.8 Å². The maximum atomic E-state index is 13.9. The van der Waals surface area contributed by atoms with Gasteiger partial charge < -0.3 is 19.4 Å². The third-order valence-electron chi connectivity index (χ3n) is 8.01. The number of hydrogen-bond donors (Lipinski definition) is 2. The van der Waals surface area contributed by atoms with E-state index in [0.717, 1.165) is 55.3 Å². The molecule has 2 N–H and O–H groups in total. The number of nitrogens with zero attached hydrogens (tertiary/aromatic N) is 3. The first kappa shape index (κ1) is 29.5. The first-order valence-corrected chi connectivity index (χ1v) is 15.8. The highest BCUT2D eigenvalue weighted by Gasteiger charge is 2.34. The van der Waals surface area contributed by atoms with Crippen LogP contribution in [0, 0.1) is 27.7 Å². The monoisotopic (exact) mass is 624 g/mol. The highest BCUT2D eigenvalue weighted by molar-refractivity contribution is 8.18. The number of fused-ring (bicyclic) bond motifs is 1. The number of aryl methyl sites for hydroxylation is 2. The van der Waals surface area contributed by atoms with Gasteiger partial charge in [-0.1, -0.05) is 18.2 Å². The fourth-order valence-corrected chi connectivity index (χ4v) is 7.81. The Morgan fingerprint density at radius 2 is 1.84 bits per heavy atom. The van der Waals surface area contributed by atoms with Crippen molar-refractivity contribution < 1.29 is 19.4 Å². The molecule has 0 unspecified atom stereocenters. The van der Waals surface area contributed by atoms with Crippen molar-refractivity contribution in [3.05, 3.63) is 104 Å². The Morgan fingerprint density at radius 1 is 1.09 bits per heavy atom. The maximum Gasteiger partial charge on any atom is 0.339 e. The van der Waals surface area contributed by atoms with Crippen LogP contribution in [0.15, 0.2) is 70.7 Å². The molecule has 1 amide bonds. The van der Waals surface area contributed by atoms with E-state index in [4.69, 9.17) is 9.73 Å². The number of thiophene rings is 1. The number of amides is 1. The normalized spacial score (nSPS) is 15.3. The predicted molar refractivity (Wildman–Crippen MR) is 179 cm³/mol. The van der Waals surface area contributed by atoms with Crippen molar-refractivity contribution in [1.82, 2.24) is 14.5 Å². The maximum absolute atomic E-state index is 13.9. The summed E-state index contributed by atoms with van der Waals surface area (Å²) in [5.74, 6) is -0.319. The Bertz CT molecular complexity index is 1980. The molecule has 0 bridgehead atoms. The Hall–Kier alpha value is -4.54. The number of hydrogen-bond acceptors (Lipinski definition) is 6. The summed E-state index contributed by atoms with van der Waals surface area (Å²) >= 11 is 2.82. The molecule has 0 radical (unpaired) electrons. The van der Waals surface area contributed by atoms with Crippen LogP contribution < -0.4 is 4.74 Å². The minimum atomic E-state index is -0.944. The predicted octanol–water partition coefficient (Wildman–Crippen LogP) is 7.81. The zero-order valence-electron chi connectivity index (χ0n) is 25.1. The summed E-state index contributed by atoms with van der Waals surface area (Å²) in [5, 5.41) is 12.4. The number of carbonyl (C=O) groups excluding carboxylic acids is 1. The van der Waals surface area contributed by atoms with Crippen LogP contribution in [0.25, 0.3) is 22.0 Å². The molecule has 1 aliphatic rings. The summed E-state index contributed by atoms with van der Waals surface area (Å²) in [6.45, 7) is 8.17. The molecule has 1 saturated heterocycles. The lowest BCUT2D eigenvalue weighted by atomic mass is 10.1. The molecular formula is C34H32N4O4S2. The number of nitrogens with one attached hydrogen (secondary N) is 1. The number of ether oxygens (including phenoxy) is 1. The van der Waals surface area contributed by atoms with E-state index in [1.54, 1.807) is 12.0 Å². The highest BCUT2D eigenvalue weighted by Crippen LogP contribution is 2.38. The van der Waals surface area contributed by atoms with E-state index < -0.39 is 5.97 Å². The van der Waals surface area contributed by atoms with Gasteiger partial charge in [0.05, 0.1) is 23.3 Å². The lowest BCUT2D eigenvalue weighted by molar-refractivity contribution is -0.122. The fourth-order valence-electron chi connectivity index (χ4n) is 5.53. The van der Waals surface area contributed by atoms with Gasteiger partial charge in [0.2, 0.25) is 0 Å². The summed E-state index contributed by atoms with van der Waals surface area (Å²) in [6.07, 6.45) is 4.56. The molecule has 6 rings (SSSR count). The fraction of sp³-hybridized carbons (Fsp3) is 0.206. The minimum Gasteiger partial charge on any atom is -0.497 e. The molecule has 44 heavy (non-hydrogen) atoms. The number of carbonyl (C=O) groups is 2. The standard InChI is InChI=1S/C34H32N4O4S2/c1-19-16-24(21(3)38(19)32-30(33(40)41)20(2)22(4)43-32)17-29-31(39)37(15-14-23-18-35-28-9-7-6-8-27(23)28)34(44-29)36-25-10-12-26(42-5)13-11-25/h6-13,16-18,35H,14-15H2,1-5H3,(H,40,41). The van der Waals surface area contributed by atoms with E-state index in [1.807, 2.05) is 93.1 Å². The zero-order valence-corrected chi connectivity index (χ0v) is 26.7. The van der Waals surface area contributed by atoms with E-state index in [9.17, 15) is 14.7 Å². The van der Waals surface area contributed by atoms with E-state index in [1.165, 1.54) is 23.1 Å². The molecule has 224 valence electrons. The summed E-state index contributed by atoms with van der Waals surface area (Å²) in [5.41, 5.74) is 6.65. The second-order valence-corrected chi connectivity index (χ2v) is 12.9. The van der Waals surface area contributed by atoms with Crippen LogP contribution in [0.3, 0.4) is 0 Å². The molecule has 4 heterocycles. The number of aromatic amines is 1. The Labute approximate surface area is 263 Å². The van der Waals surface area contributed by atoms with Gasteiger partial charge in [-0.2, -0.15) is 0 Å². The van der Waals surface area contributed by atoms with Crippen molar-refractivity contribution in [2.24, 2.45) is 4.99 Å². The largest absolute Gasteiger partial charge is 0.497 e. The SMILES string of the molecule is COc1ccc(N=C2SC(=Cc3cc(C)n(-c4sc(C)c(C)c4C(=O)O)c3C)C(=O)N2CCc2c[nH]c3ccccc23)cc1. The summed E-state index contributed by atoms with van der Waals surface area (Å²) in [6, 6.07) is 17.6.